The number of anilines is 1. The highest BCUT2D eigenvalue weighted by molar-refractivity contribution is 7.92. The number of carbonyl (C=O) groups is 1. The smallest absolute Gasteiger partial charge is 0.261 e. The molecule has 0 aromatic heterocycles. The highest BCUT2D eigenvalue weighted by Crippen LogP contribution is 2.23. The number of ether oxygens (including phenoxy) is 1. The minimum Gasteiger partial charge on any atom is -0.494 e. The third kappa shape index (κ3) is 4.65. The molecule has 28 heavy (non-hydrogen) atoms. The molecule has 0 unspecified atom stereocenters. The summed E-state index contributed by atoms with van der Waals surface area (Å²) >= 11 is 0. The second-order valence-corrected chi connectivity index (χ2v) is 8.57. The number of nitrogens with one attached hydrogen (secondary N) is 1. The van der Waals surface area contributed by atoms with E-state index in [9.17, 15) is 13.2 Å². The van der Waals surface area contributed by atoms with Gasteiger partial charge in [-0.25, -0.2) is 8.42 Å². The Hall–Kier alpha value is -2.54. The van der Waals surface area contributed by atoms with E-state index in [1.54, 1.807) is 30.3 Å². The molecule has 2 aromatic carbocycles. The molecule has 6 nitrogen and oxygen atoms in total. The van der Waals surface area contributed by atoms with Crippen molar-refractivity contribution in [2.75, 3.05) is 24.4 Å². The average Bonchev–Trinajstić information content (AvgIpc) is 2.70. The fraction of sp³-hybridized carbons (Fsp3) is 0.381. The number of benzene rings is 2. The number of sulfonamides is 1. The highest BCUT2D eigenvalue weighted by atomic mass is 32.2. The van der Waals surface area contributed by atoms with Gasteiger partial charge in [0.2, 0.25) is 0 Å². The quantitative estimate of drug-likeness (QED) is 0.797. The molecular weight excluding hydrogens is 376 g/mol. The molecule has 0 spiro atoms. The Morgan fingerprint density at radius 3 is 2.39 bits per heavy atom. The van der Waals surface area contributed by atoms with Gasteiger partial charge in [0, 0.05) is 24.3 Å². The molecule has 0 saturated carbocycles. The zero-order valence-corrected chi connectivity index (χ0v) is 17.1. The van der Waals surface area contributed by atoms with Crippen molar-refractivity contribution >= 4 is 21.6 Å². The van der Waals surface area contributed by atoms with Gasteiger partial charge < -0.3 is 9.64 Å². The second kappa shape index (κ2) is 8.65. The first kappa shape index (κ1) is 20.2. The van der Waals surface area contributed by atoms with Crippen LogP contribution in [-0.4, -0.2) is 38.9 Å². The normalized spacial score (nSPS) is 14.6. The molecule has 1 aliphatic rings. The maximum atomic E-state index is 12.9. The summed E-state index contributed by atoms with van der Waals surface area (Å²) in [5.41, 5.74) is 1.65. The zero-order valence-electron chi connectivity index (χ0n) is 16.3. The van der Waals surface area contributed by atoms with Gasteiger partial charge in [-0.2, -0.15) is 0 Å². The first-order chi connectivity index (χ1) is 13.4. The topological polar surface area (TPSA) is 75.7 Å². The first-order valence-corrected chi connectivity index (χ1v) is 11.0. The zero-order chi connectivity index (χ0) is 20.1. The van der Waals surface area contributed by atoms with E-state index in [0.29, 0.717) is 23.6 Å². The van der Waals surface area contributed by atoms with Crippen LogP contribution in [0.2, 0.25) is 0 Å². The van der Waals surface area contributed by atoms with E-state index < -0.39 is 10.0 Å². The van der Waals surface area contributed by atoms with Crippen LogP contribution in [0.4, 0.5) is 5.69 Å². The second-order valence-electron chi connectivity index (χ2n) is 6.89. The van der Waals surface area contributed by atoms with Crippen LogP contribution < -0.4 is 9.46 Å². The minimum absolute atomic E-state index is 0.0762. The molecule has 1 amide bonds. The lowest BCUT2D eigenvalue weighted by molar-refractivity contribution is 0.0723. The van der Waals surface area contributed by atoms with Crippen LogP contribution in [0.25, 0.3) is 0 Å². The van der Waals surface area contributed by atoms with E-state index in [0.717, 1.165) is 37.9 Å². The Labute approximate surface area is 166 Å². The summed E-state index contributed by atoms with van der Waals surface area (Å²) in [6.07, 6.45) is 3.10. The van der Waals surface area contributed by atoms with Crippen molar-refractivity contribution in [3.63, 3.8) is 0 Å². The van der Waals surface area contributed by atoms with Crippen molar-refractivity contribution in [2.45, 2.75) is 38.0 Å². The minimum atomic E-state index is -3.80. The summed E-state index contributed by atoms with van der Waals surface area (Å²) in [5, 5.41) is 0. The molecule has 3 rings (SSSR count). The van der Waals surface area contributed by atoms with Crippen LogP contribution in [0.15, 0.2) is 47.4 Å². The number of carbonyl (C=O) groups excluding carboxylic acids is 1. The predicted octanol–water partition coefficient (Wildman–Crippen LogP) is 3.82. The van der Waals surface area contributed by atoms with E-state index in [-0.39, 0.29) is 10.8 Å². The van der Waals surface area contributed by atoms with Gasteiger partial charge in [0.1, 0.15) is 5.75 Å². The van der Waals surface area contributed by atoms with Crippen molar-refractivity contribution in [1.82, 2.24) is 4.90 Å². The van der Waals surface area contributed by atoms with E-state index in [1.165, 1.54) is 12.1 Å². The van der Waals surface area contributed by atoms with Gasteiger partial charge >= 0.3 is 0 Å². The summed E-state index contributed by atoms with van der Waals surface area (Å²) in [4.78, 5) is 14.7. The number of hydrogen-bond acceptors (Lipinski definition) is 4. The van der Waals surface area contributed by atoms with Crippen molar-refractivity contribution < 1.29 is 17.9 Å². The van der Waals surface area contributed by atoms with Gasteiger partial charge in [0.05, 0.1) is 11.5 Å². The number of piperidine rings is 1. The SMILES string of the molecule is CCOc1ccc(NS(=O)(=O)c2ccc(C)c(C(=O)N3CCCCC3)c2)cc1. The lowest BCUT2D eigenvalue weighted by Gasteiger charge is -2.27. The van der Waals surface area contributed by atoms with Gasteiger partial charge in [-0.05, 0) is 75.1 Å². The summed E-state index contributed by atoms with van der Waals surface area (Å²) in [6, 6.07) is 11.4. The summed E-state index contributed by atoms with van der Waals surface area (Å²) in [6.45, 7) is 5.70. The van der Waals surface area contributed by atoms with E-state index in [2.05, 4.69) is 4.72 Å². The monoisotopic (exact) mass is 402 g/mol. The third-order valence-corrected chi connectivity index (χ3v) is 6.19. The molecule has 1 N–H and O–H groups in total. The number of hydrogen-bond donors (Lipinski definition) is 1. The van der Waals surface area contributed by atoms with E-state index in [1.807, 2.05) is 18.7 Å². The largest absolute Gasteiger partial charge is 0.494 e. The summed E-state index contributed by atoms with van der Waals surface area (Å²) < 4.78 is 33.5. The van der Waals surface area contributed by atoms with Gasteiger partial charge in [-0.1, -0.05) is 6.07 Å². The van der Waals surface area contributed by atoms with Crippen LogP contribution in [0.5, 0.6) is 5.75 Å². The Bertz CT molecular complexity index is 933. The molecule has 7 heteroatoms. The van der Waals surface area contributed by atoms with Crippen molar-refractivity contribution in [3.8, 4) is 5.75 Å². The van der Waals surface area contributed by atoms with Crippen molar-refractivity contribution in [2.24, 2.45) is 0 Å². The van der Waals surface area contributed by atoms with Crippen LogP contribution in [0.3, 0.4) is 0 Å². The number of nitrogens with zero attached hydrogens (tertiary/aromatic N) is 1. The average molecular weight is 403 g/mol. The molecule has 0 atom stereocenters. The summed E-state index contributed by atoms with van der Waals surface area (Å²) in [7, 11) is -3.80. The molecular formula is C21H26N2O4S. The maximum Gasteiger partial charge on any atom is 0.261 e. The molecule has 1 fully saturated rings. The molecule has 150 valence electrons. The third-order valence-electron chi connectivity index (χ3n) is 4.81. The molecule has 1 aliphatic heterocycles. The van der Waals surface area contributed by atoms with E-state index in [4.69, 9.17) is 4.74 Å². The Morgan fingerprint density at radius 2 is 1.75 bits per heavy atom. The number of rotatable bonds is 6. The number of aryl methyl sites for hydroxylation is 1. The molecule has 1 saturated heterocycles. The molecule has 2 aromatic rings. The van der Waals surface area contributed by atoms with Crippen LogP contribution >= 0.6 is 0 Å². The van der Waals surface area contributed by atoms with Gasteiger partial charge in [0.25, 0.3) is 15.9 Å². The number of likely N-dealkylation sites (tertiary alicyclic amines) is 1. The van der Waals surface area contributed by atoms with Gasteiger partial charge in [-0.15, -0.1) is 0 Å². The Kier molecular flexibility index (Phi) is 6.24. The first-order valence-electron chi connectivity index (χ1n) is 9.56. The van der Waals surface area contributed by atoms with Crippen LogP contribution in [0.1, 0.15) is 42.1 Å². The molecule has 0 aliphatic carbocycles. The predicted molar refractivity (Wildman–Crippen MR) is 109 cm³/mol. The van der Waals surface area contributed by atoms with Crippen LogP contribution in [0, 0.1) is 6.92 Å². The van der Waals surface area contributed by atoms with Gasteiger partial charge in [0.15, 0.2) is 0 Å². The lowest BCUT2D eigenvalue weighted by atomic mass is 10.1. The Balaban J connectivity index is 1.82. The summed E-state index contributed by atoms with van der Waals surface area (Å²) in [5.74, 6) is 0.575. The number of amides is 1. The van der Waals surface area contributed by atoms with E-state index >= 15 is 0 Å². The fourth-order valence-corrected chi connectivity index (χ4v) is 4.35. The molecule has 1 heterocycles. The van der Waals surface area contributed by atoms with Crippen molar-refractivity contribution in [3.05, 3.63) is 53.6 Å². The highest BCUT2D eigenvalue weighted by Gasteiger charge is 2.23. The standard InChI is InChI=1S/C21H26N2O4S/c1-3-27-18-10-8-17(9-11-18)22-28(25,26)19-12-7-16(2)20(15-19)21(24)23-13-5-4-6-14-23/h7-12,15,22H,3-6,13-14H2,1-2H3. The molecule has 0 radical (unpaired) electrons. The van der Waals surface area contributed by atoms with Gasteiger partial charge in [-0.3, -0.25) is 9.52 Å². The maximum absolute atomic E-state index is 12.9. The Morgan fingerprint density at radius 1 is 1.07 bits per heavy atom. The van der Waals surface area contributed by atoms with Crippen molar-refractivity contribution in [1.29, 1.82) is 0 Å². The molecule has 0 bridgehead atoms. The lowest BCUT2D eigenvalue weighted by Crippen LogP contribution is -2.36. The fourth-order valence-electron chi connectivity index (χ4n) is 3.27. The van der Waals surface area contributed by atoms with Crippen LogP contribution in [-0.2, 0) is 10.0 Å².